The van der Waals surface area contributed by atoms with Crippen molar-refractivity contribution in [3.63, 3.8) is 0 Å². The van der Waals surface area contributed by atoms with E-state index < -0.39 is 0 Å². The third-order valence-electron chi connectivity index (χ3n) is 6.74. The predicted octanol–water partition coefficient (Wildman–Crippen LogP) is 3.16. The van der Waals surface area contributed by atoms with E-state index in [1.54, 1.807) is 0 Å². The van der Waals surface area contributed by atoms with Gasteiger partial charge in [0.15, 0.2) is 0 Å². The third kappa shape index (κ3) is 5.66. The number of piperidine rings is 1. The van der Waals surface area contributed by atoms with Crippen LogP contribution in [-0.4, -0.2) is 66.0 Å². The zero-order valence-electron chi connectivity index (χ0n) is 19.6. The Kier molecular flexibility index (Phi) is 7.22. The number of amides is 1. The molecule has 1 aromatic heterocycles. The van der Waals surface area contributed by atoms with Crippen LogP contribution in [0.2, 0.25) is 0 Å². The van der Waals surface area contributed by atoms with E-state index in [4.69, 9.17) is 4.74 Å². The van der Waals surface area contributed by atoms with Crippen LogP contribution in [0, 0.1) is 0 Å². The van der Waals surface area contributed by atoms with Crippen molar-refractivity contribution >= 4 is 11.6 Å². The van der Waals surface area contributed by atoms with Crippen LogP contribution >= 0.6 is 0 Å². The Hall–Kier alpha value is -3.16. The highest BCUT2D eigenvalue weighted by atomic mass is 16.5. The number of hydrogen-bond donors (Lipinski definition) is 1. The molecule has 7 heteroatoms. The summed E-state index contributed by atoms with van der Waals surface area (Å²) in [5.41, 5.74) is 4.43. The first kappa shape index (κ1) is 22.6. The second-order valence-corrected chi connectivity index (χ2v) is 9.13. The smallest absolute Gasteiger partial charge is 0.254 e. The molecule has 3 aromatic rings. The summed E-state index contributed by atoms with van der Waals surface area (Å²) in [6.45, 7) is 6.28. The van der Waals surface area contributed by atoms with Gasteiger partial charge in [0.05, 0.1) is 26.0 Å². The Morgan fingerprint density at radius 2 is 1.68 bits per heavy atom. The highest BCUT2D eigenvalue weighted by Crippen LogP contribution is 2.21. The molecule has 0 atom stereocenters. The highest BCUT2D eigenvalue weighted by molar-refractivity contribution is 5.94. The van der Waals surface area contributed by atoms with Gasteiger partial charge in [-0.15, -0.1) is 0 Å². The molecule has 178 valence electrons. The second-order valence-electron chi connectivity index (χ2n) is 9.13. The Balaban J connectivity index is 1.07. The van der Waals surface area contributed by atoms with Crippen LogP contribution in [0.1, 0.15) is 34.3 Å². The second kappa shape index (κ2) is 10.8. The van der Waals surface area contributed by atoms with E-state index in [0.717, 1.165) is 44.6 Å². The molecule has 0 radical (unpaired) electrons. The van der Waals surface area contributed by atoms with Gasteiger partial charge in [0.1, 0.15) is 0 Å². The molecule has 2 aliphatic rings. The molecule has 2 saturated heterocycles. The van der Waals surface area contributed by atoms with Gasteiger partial charge in [-0.25, -0.2) is 0 Å². The molecule has 0 unspecified atom stereocenters. The molecule has 34 heavy (non-hydrogen) atoms. The lowest BCUT2D eigenvalue weighted by atomic mass is 10.0. The van der Waals surface area contributed by atoms with Gasteiger partial charge in [-0.1, -0.05) is 30.3 Å². The lowest BCUT2D eigenvalue weighted by molar-refractivity contribution is 0.0303. The van der Waals surface area contributed by atoms with E-state index in [2.05, 4.69) is 57.9 Å². The van der Waals surface area contributed by atoms with Crippen LogP contribution in [0.15, 0.2) is 67.0 Å². The van der Waals surface area contributed by atoms with Gasteiger partial charge in [-0.3, -0.25) is 9.48 Å². The molecular weight excluding hydrogens is 426 g/mol. The minimum atomic E-state index is 0.102. The number of morpholine rings is 1. The average molecular weight is 460 g/mol. The van der Waals surface area contributed by atoms with Crippen LogP contribution in [0.5, 0.6) is 0 Å². The maximum Gasteiger partial charge on any atom is 0.254 e. The molecule has 0 spiro atoms. The van der Waals surface area contributed by atoms with E-state index in [-0.39, 0.29) is 5.91 Å². The number of carbonyl (C=O) groups excluding carboxylic acids is 1. The van der Waals surface area contributed by atoms with Gasteiger partial charge in [0, 0.05) is 61.8 Å². The molecule has 1 N–H and O–H groups in total. The number of anilines is 1. The highest BCUT2D eigenvalue weighted by Gasteiger charge is 2.21. The van der Waals surface area contributed by atoms with Crippen molar-refractivity contribution in [3.05, 3.63) is 83.7 Å². The minimum absolute atomic E-state index is 0.102. The fourth-order valence-electron chi connectivity index (χ4n) is 4.72. The van der Waals surface area contributed by atoms with Gasteiger partial charge in [-0.05, 0) is 42.7 Å². The lowest BCUT2D eigenvalue weighted by Crippen LogP contribution is -2.42. The van der Waals surface area contributed by atoms with Crippen molar-refractivity contribution in [2.45, 2.75) is 32.0 Å². The number of aromatic nitrogens is 2. The lowest BCUT2D eigenvalue weighted by Gasteiger charge is -2.34. The quantitative estimate of drug-likeness (QED) is 0.588. The maximum atomic E-state index is 12.7. The topological polar surface area (TPSA) is 62.6 Å². The molecular formula is C27H33N5O2. The SMILES string of the molecule is O=C(c1ccc(N2CCC(NCc3cnn(Cc4ccccc4)c3)CC2)cc1)N1CCOCC1. The van der Waals surface area contributed by atoms with Crippen LogP contribution in [-0.2, 0) is 17.8 Å². The van der Waals surface area contributed by atoms with E-state index in [0.29, 0.717) is 32.3 Å². The molecule has 2 fully saturated rings. The summed E-state index contributed by atoms with van der Waals surface area (Å²) in [6.07, 6.45) is 6.30. The van der Waals surface area contributed by atoms with Crippen molar-refractivity contribution in [3.8, 4) is 0 Å². The fraction of sp³-hybridized carbons (Fsp3) is 0.407. The molecule has 7 nitrogen and oxygen atoms in total. The minimum Gasteiger partial charge on any atom is -0.378 e. The number of hydrogen-bond acceptors (Lipinski definition) is 5. The molecule has 0 aliphatic carbocycles. The van der Waals surface area contributed by atoms with Crippen molar-refractivity contribution < 1.29 is 9.53 Å². The van der Waals surface area contributed by atoms with Crippen LogP contribution < -0.4 is 10.2 Å². The van der Waals surface area contributed by atoms with Gasteiger partial charge in [0.25, 0.3) is 5.91 Å². The van der Waals surface area contributed by atoms with Gasteiger partial charge in [-0.2, -0.15) is 5.10 Å². The number of nitrogens with zero attached hydrogens (tertiary/aromatic N) is 4. The van der Waals surface area contributed by atoms with E-state index in [1.807, 2.05) is 34.0 Å². The maximum absolute atomic E-state index is 12.7. The summed E-state index contributed by atoms with van der Waals surface area (Å²) < 4.78 is 7.35. The number of benzene rings is 2. The molecule has 0 bridgehead atoms. The van der Waals surface area contributed by atoms with Crippen molar-refractivity contribution in [1.82, 2.24) is 20.0 Å². The monoisotopic (exact) mass is 459 g/mol. The number of carbonyl (C=O) groups is 1. The Bertz CT molecular complexity index is 1050. The van der Waals surface area contributed by atoms with Crippen LogP contribution in [0.3, 0.4) is 0 Å². The van der Waals surface area contributed by atoms with E-state index in [1.165, 1.54) is 16.8 Å². The Morgan fingerprint density at radius 3 is 2.41 bits per heavy atom. The zero-order valence-corrected chi connectivity index (χ0v) is 19.6. The van der Waals surface area contributed by atoms with Crippen molar-refractivity contribution in [2.24, 2.45) is 0 Å². The van der Waals surface area contributed by atoms with Gasteiger partial charge >= 0.3 is 0 Å². The fourth-order valence-corrected chi connectivity index (χ4v) is 4.72. The van der Waals surface area contributed by atoms with Crippen molar-refractivity contribution in [1.29, 1.82) is 0 Å². The molecule has 3 heterocycles. The first-order valence-electron chi connectivity index (χ1n) is 12.3. The largest absolute Gasteiger partial charge is 0.378 e. The Labute approximate surface area is 201 Å². The van der Waals surface area contributed by atoms with Gasteiger partial charge < -0.3 is 19.9 Å². The van der Waals surface area contributed by atoms with Gasteiger partial charge in [0.2, 0.25) is 0 Å². The van der Waals surface area contributed by atoms with Crippen LogP contribution in [0.4, 0.5) is 5.69 Å². The Morgan fingerprint density at radius 1 is 0.941 bits per heavy atom. The zero-order chi connectivity index (χ0) is 23.2. The van der Waals surface area contributed by atoms with Crippen molar-refractivity contribution in [2.75, 3.05) is 44.3 Å². The van der Waals surface area contributed by atoms with Crippen LogP contribution in [0.25, 0.3) is 0 Å². The predicted molar refractivity (Wildman–Crippen MR) is 133 cm³/mol. The molecule has 2 aliphatic heterocycles. The van der Waals surface area contributed by atoms with E-state index in [9.17, 15) is 4.79 Å². The average Bonchev–Trinajstić information content (AvgIpc) is 3.36. The summed E-state index contributed by atoms with van der Waals surface area (Å²) >= 11 is 0. The number of nitrogens with one attached hydrogen (secondary N) is 1. The number of ether oxygens (including phenoxy) is 1. The summed E-state index contributed by atoms with van der Waals surface area (Å²) in [4.78, 5) is 16.9. The summed E-state index contributed by atoms with van der Waals surface area (Å²) in [5.74, 6) is 0.102. The summed E-state index contributed by atoms with van der Waals surface area (Å²) in [6, 6.07) is 19.0. The molecule has 1 amide bonds. The first-order chi connectivity index (χ1) is 16.7. The molecule has 5 rings (SSSR count). The third-order valence-corrected chi connectivity index (χ3v) is 6.74. The standard InChI is InChI=1S/C27H33N5O2/c33-27(31-14-16-34-17-15-31)24-6-8-26(9-7-24)30-12-10-25(11-13-30)28-18-23-19-29-32(21-23)20-22-4-2-1-3-5-22/h1-9,19,21,25,28H,10-18,20H2. The molecule has 0 saturated carbocycles. The van der Waals surface area contributed by atoms with E-state index >= 15 is 0 Å². The summed E-state index contributed by atoms with van der Waals surface area (Å²) in [5, 5.41) is 8.22. The molecule has 2 aromatic carbocycles. The number of rotatable bonds is 7. The first-order valence-corrected chi connectivity index (χ1v) is 12.3. The summed E-state index contributed by atoms with van der Waals surface area (Å²) in [7, 11) is 0. The normalized spacial score (nSPS) is 17.2.